The molecule has 1 aliphatic heterocycles. The first kappa shape index (κ1) is 9.59. The minimum atomic E-state index is -0.0985. The third-order valence-electron chi connectivity index (χ3n) is 2.10. The van der Waals surface area contributed by atoms with E-state index in [1.54, 1.807) is 12.5 Å². The summed E-state index contributed by atoms with van der Waals surface area (Å²) in [5.74, 6) is 0. The lowest BCUT2D eigenvalue weighted by atomic mass is 10.1. The molecule has 0 atom stereocenters. The molecule has 0 bridgehead atoms. The van der Waals surface area contributed by atoms with Crippen molar-refractivity contribution in [2.75, 3.05) is 0 Å². The average molecular weight is 255 g/mol. The van der Waals surface area contributed by atoms with Gasteiger partial charge in [0.05, 0.1) is 0 Å². The van der Waals surface area contributed by atoms with Crippen molar-refractivity contribution >= 4 is 15.9 Å². The van der Waals surface area contributed by atoms with E-state index in [0.29, 0.717) is 0 Å². The molecular formula is C11H11BrO2. The monoisotopic (exact) mass is 254 g/mol. The first-order valence-corrected chi connectivity index (χ1v) is 5.34. The van der Waals surface area contributed by atoms with Gasteiger partial charge < -0.3 is 9.47 Å². The van der Waals surface area contributed by atoms with Crippen molar-refractivity contribution in [2.45, 2.75) is 19.1 Å². The van der Waals surface area contributed by atoms with Crippen molar-refractivity contribution in [3.8, 4) is 0 Å². The van der Waals surface area contributed by atoms with E-state index in [1.807, 2.05) is 12.1 Å². The quantitative estimate of drug-likeness (QED) is 0.825. The lowest BCUT2D eigenvalue weighted by Crippen LogP contribution is -2.08. The van der Waals surface area contributed by atoms with E-state index in [4.69, 9.17) is 9.47 Å². The standard InChI is InChI=1S/C11H11BrO2/c12-10-4-1-9(2-5-10)3-6-11-13-7-8-14-11/h1-2,4-5,7-8,11H,3,6H2. The Kier molecular flexibility index (Phi) is 3.09. The Morgan fingerprint density at radius 1 is 1.07 bits per heavy atom. The van der Waals surface area contributed by atoms with E-state index in [0.717, 1.165) is 17.3 Å². The molecule has 0 unspecified atom stereocenters. The second-order valence-electron chi connectivity index (χ2n) is 3.14. The SMILES string of the molecule is Brc1ccc(CCC2OC=CO2)cc1. The second kappa shape index (κ2) is 4.51. The lowest BCUT2D eigenvalue weighted by Gasteiger charge is -2.09. The number of hydrogen-bond acceptors (Lipinski definition) is 2. The van der Waals surface area contributed by atoms with Gasteiger partial charge in [-0.2, -0.15) is 0 Å². The number of hydrogen-bond donors (Lipinski definition) is 0. The summed E-state index contributed by atoms with van der Waals surface area (Å²) in [6, 6.07) is 8.30. The third kappa shape index (κ3) is 2.51. The molecule has 1 aromatic rings. The van der Waals surface area contributed by atoms with Crippen LogP contribution in [-0.2, 0) is 15.9 Å². The van der Waals surface area contributed by atoms with Crippen molar-refractivity contribution in [3.63, 3.8) is 0 Å². The van der Waals surface area contributed by atoms with Crippen LogP contribution in [0.4, 0.5) is 0 Å². The van der Waals surface area contributed by atoms with E-state index in [9.17, 15) is 0 Å². The lowest BCUT2D eigenvalue weighted by molar-refractivity contribution is -0.0275. The maximum absolute atomic E-state index is 5.19. The maximum Gasteiger partial charge on any atom is 0.240 e. The van der Waals surface area contributed by atoms with Crippen LogP contribution < -0.4 is 0 Å². The van der Waals surface area contributed by atoms with Crippen LogP contribution in [0.5, 0.6) is 0 Å². The van der Waals surface area contributed by atoms with Gasteiger partial charge in [-0.1, -0.05) is 28.1 Å². The van der Waals surface area contributed by atoms with Crippen molar-refractivity contribution in [1.82, 2.24) is 0 Å². The van der Waals surface area contributed by atoms with E-state index in [2.05, 4.69) is 28.1 Å². The molecule has 0 N–H and O–H groups in total. The van der Waals surface area contributed by atoms with Gasteiger partial charge in [0.15, 0.2) is 0 Å². The Morgan fingerprint density at radius 3 is 2.36 bits per heavy atom. The number of rotatable bonds is 3. The molecule has 1 aromatic carbocycles. The number of ether oxygens (including phenoxy) is 2. The third-order valence-corrected chi connectivity index (χ3v) is 2.63. The van der Waals surface area contributed by atoms with Crippen LogP contribution >= 0.6 is 15.9 Å². The highest BCUT2D eigenvalue weighted by Crippen LogP contribution is 2.15. The highest BCUT2D eigenvalue weighted by molar-refractivity contribution is 9.10. The Bertz CT molecular complexity index is 311. The molecule has 0 spiro atoms. The van der Waals surface area contributed by atoms with Crippen LogP contribution in [-0.4, -0.2) is 6.29 Å². The largest absolute Gasteiger partial charge is 0.459 e. The van der Waals surface area contributed by atoms with Gasteiger partial charge in [0.1, 0.15) is 12.5 Å². The molecule has 0 aliphatic carbocycles. The molecule has 0 amide bonds. The van der Waals surface area contributed by atoms with Crippen molar-refractivity contribution in [1.29, 1.82) is 0 Å². The Balaban J connectivity index is 1.82. The van der Waals surface area contributed by atoms with Gasteiger partial charge in [-0.15, -0.1) is 0 Å². The molecule has 0 saturated carbocycles. The predicted molar refractivity (Wildman–Crippen MR) is 57.6 cm³/mol. The summed E-state index contributed by atoms with van der Waals surface area (Å²) in [7, 11) is 0. The molecule has 1 heterocycles. The molecule has 0 saturated heterocycles. The molecule has 14 heavy (non-hydrogen) atoms. The molecular weight excluding hydrogens is 244 g/mol. The van der Waals surface area contributed by atoms with Crippen molar-refractivity contribution in [3.05, 3.63) is 46.8 Å². The van der Waals surface area contributed by atoms with Crippen molar-refractivity contribution in [2.24, 2.45) is 0 Å². The van der Waals surface area contributed by atoms with E-state index >= 15 is 0 Å². The zero-order valence-electron chi connectivity index (χ0n) is 7.65. The number of halogens is 1. The summed E-state index contributed by atoms with van der Waals surface area (Å²) in [6.45, 7) is 0. The zero-order valence-corrected chi connectivity index (χ0v) is 9.24. The normalized spacial score (nSPS) is 15.2. The van der Waals surface area contributed by atoms with Crippen LogP contribution in [0.1, 0.15) is 12.0 Å². The fourth-order valence-electron chi connectivity index (χ4n) is 1.34. The molecule has 0 fully saturated rings. The van der Waals surface area contributed by atoms with Gasteiger partial charge in [0.2, 0.25) is 6.29 Å². The summed E-state index contributed by atoms with van der Waals surface area (Å²) in [5.41, 5.74) is 1.30. The Morgan fingerprint density at radius 2 is 1.71 bits per heavy atom. The zero-order chi connectivity index (χ0) is 9.80. The van der Waals surface area contributed by atoms with E-state index in [-0.39, 0.29) is 6.29 Å². The number of benzene rings is 1. The Hall–Kier alpha value is -0.960. The summed E-state index contributed by atoms with van der Waals surface area (Å²) in [6.07, 6.45) is 4.94. The van der Waals surface area contributed by atoms with Gasteiger partial charge in [-0.05, 0) is 24.1 Å². The average Bonchev–Trinajstić information content (AvgIpc) is 2.70. The van der Waals surface area contributed by atoms with Crippen molar-refractivity contribution < 1.29 is 9.47 Å². The summed E-state index contributed by atoms with van der Waals surface area (Å²) in [5, 5.41) is 0. The predicted octanol–water partition coefficient (Wildman–Crippen LogP) is 3.23. The Labute approximate surface area is 91.7 Å². The fourth-order valence-corrected chi connectivity index (χ4v) is 1.61. The highest BCUT2D eigenvalue weighted by atomic mass is 79.9. The maximum atomic E-state index is 5.19. The molecule has 2 rings (SSSR count). The van der Waals surface area contributed by atoms with Crippen LogP contribution in [0.15, 0.2) is 41.3 Å². The minimum Gasteiger partial charge on any atom is -0.459 e. The smallest absolute Gasteiger partial charge is 0.240 e. The molecule has 1 aliphatic rings. The van der Waals surface area contributed by atoms with Gasteiger partial charge in [0.25, 0.3) is 0 Å². The minimum absolute atomic E-state index is 0.0985. The van der Waals surface area contributed by atoms with E-state index < -0.39 is 0 Å². The fraction of sp³-hybridized carbons (Fsp3) is 0.273. The van der Waals surface area contributed by atoms with Crippen LogP contribution in [0.25, 0.3) is 0 Å². The van der Waals surface area contributed by atoms with E-state index in [1.165, 1.54) is 5.56 Å². The summed E-state index contributed by atoms with van der Waals surface area (Å²) in [4.78, 5) is 0. The second-order valence-corrected chi connectivity index (χ2v) is 4.05. The summed E-state index contributed by atoms with van der Waals surface area (Å²) >= 11 is 3.40. The molecule has 74 valence electrons. The molecule has 2 nitrogen and oxygen atoms in total. The summed E-state index contributed by atoms with van der Waals surface area (Å²) < 4.78 is 11.5. The molecule has 0 aromatic heterocycles. The van der Waals surface area contributed by atoms with Crippen LogP contribution in [0.2, 0.25) is 0 Å². The van der Waals surface area contributed by atoms with Crippen LogP contribution in [0.3, 0.4) is 0 Å². The number of aryl methyl sites for hydroxylation is 1. The van der Waals surface area contributed by atoms with Gasteiger partial charge >= 0.3 is 0 Å². The first-order valence-electron chi connectivity index (χ1n) is 4.55. The first-order chi connectivity index (χ1) is 6.84. The molecule has 3 heteroatoms. The highest BCUT2D eigenvalue weighted by Gasteiger charge is 2.11. The van der Waals surface area contributed by atoms with Gasteiger partial charge in [-0.25, -0.2) is 0 Å². The molecule has 0 radical (unpaired) electrons. The van der Waals surface area contributed by atoms with Crippen LogP contribution in [0, 0.1) is 0 Å². The topological polar surface area (TPSA) is 18.5 Å². The van der Waals surface area contributed by atoms with Gasteiger partial charge in [-0.3, -0.25) is 0 Å². The van der Waals surface area contributed by atoms with Gasteiger partial charge in [0, 0.05) is 10.9 Å².